The number of hydrogen-bond donors (Lipinski definition) is 0. The molecule has 3 nitrogen and oxygen atoms in total. The normalized spacial score (nSPS) is 24.9. The third-order valence-corrected chi connectivity index (χ3v) is 4.27. The maximum Gasteiger partial charge on any atom is 0.128 e. The number of aryl methyl sites for hydroxylation is 1. The Morgan fingerprint density at radius 2 is 2.25 bits per heavy atom. The van der Waals surface area contributed by atoms with Gasteiger partial charge in [-0.2, -0.15) is 0 Å². The summed E-state index contributed by atoms with van der Waals surface area (Å²) in [5.74, 6) is 1.95. The van der Waals surface area contributed by atoms with E-state index in [-0.39, 0.29) is 0 Å². The van der Waals surface area contributed by atoms with Gasteiger partial charge in [-0.15, -0.1) is 0 Å². The molecule has 1 saturated carbocycles. The van der Waals surface area contributed by atoms with Crippen molar-refractivity contribution in [3.63, 3.8) is 0 Å². The molecule has 2 aromatic rings. The molecule has 0 radical (unpaired) electrons. The highest BCUT2D eigenvalue weighted by atomic mass is 16.5. The zero-order valence-corrected chi connectivity index (χ0v) is 11.9. The van der Waals surface area contributed by atoms with E-state index in [9.17, 15) is 0 Å². The van der Waals surface area contributed by atoms with Crippen LogP contribution in [0.4, 0.5) is 0 Å². The molecule has 1 aliphatic heterocycles. The Hall–Kier alpha value is -1.61. The highest BCUT2D eigenvalue weighted by Gasteiger charge is 2.38. The van der Waals surface area contributed by atoms with E-state index in [1.807, 2.05) is 18.3 Å². The van der Waals surface area contributed by atoms with E-state index in [4.69, 9.17) is 4.74 Å². The Kier molecular flexibility index (Phi) is 2.88. The van der Waals surface area contributed by atoms with E-state index in [2.05, 4.69) is 28.9 Å². The second-order valence-corrected chi connectivity index (χ2v) is 6.20. The third-order valence-electron chi connectivity index (χ3n) is 4.27. The minimum absolute atomic E-state index is 0.628. The minimum Gasteiger partial charge on any atom is -0.491 e. The fourth-order valence-electron chi connectivity index (χ4n) is 2.78. The summed E-state index contributed by atoms with van der Waals surface area (Å²) in [6.45, 7) is 5.37. The average molecular weight is 268 g/mol. The highest BCUT2D eigenvalue weighted by molar-refractivity contribution is 5.85. The summed E-state index contributed by atoms with van der Waals surface area (Å²) in [5.41, 5.74) is 2.19. The van der Waals surface area contributed by atoms with Crippen LogP contribution >= 0.6 is 0 Å². The van der Waals surface area contributed by atoms with Crippen molar-refractivity contribution in [2.75, 3.05) is 19.7 Å². The SMILES string of the molecule is Cc1cnc2cccc(OCC3CN3CC3CC3)c2c1. The van der Waals surface area contributed by atoms with Crippen LogP contribution in [0.3, 0.4) is 0 Å². The lowest BCUT2D eigenvalue weighted by atomic mass is 10.1. The van der Waals surface area contributed by atoms with Crippen molar-refractivity contribution in [1.82, 2.24) is 9.88 Å². The van der Waals surface area contributed by atoms with Crippen molar-refractivity contribution >= 4 is 10.9 Å². The van der Waals surface area contributed by atoms with Gasteiger partial charge in [0, 0.05) is 24.7 Å². The molecular formula is C17H20N2O. The van der Waals surface area contributed by atoms with Crippen LogP contribution in [-0.2, 0) is 0 Å². The number of ether oxygens (including phenoxy) is 1. The van der Waals surface area contributed by atoms with E-state index >= 15 is 0 Å². The molecule has 2 fully saturated rings. The zero-order valence-electron chi connectivity index (χ0n) is 11.9. The molecule has 2 heterocycles. The summed E-state index contributed by atoms with van der Waals surface area (Å²) in [6, 6.07) is 8.90. The molecule has 0 spiro atoms. The van der Waals surface area contributed by atoms with Crippen molar-refractivity contribution < 1.29 is 4.74 Å². The number of aromatic nitrogens is 1. The van der Waals surface area contributed by atoms with Crippen LogP contribution in [0.1, 0.15) is 18.4 Å². The summed E-state index contributed by atoms with van der Waals surface area (Å²) < 4.78 is 6.05. The summed E-state index contributed by atoms with van der Waals surface area (Å²) in [4.78, 5) is 6.99. The van der Waals surface area contributed by atoms with Gasteiger partial charge >= 0.3 is 0 Å². The molecule has 1 saturated heterocycles. The number of fused-ring (bicyclic) bond motifs is 1. The molecule has 20 heavy (non-hydrogen) atoms. The fourth-order valence-corrected chi connectivity index (χ4v) is 2.78. The molecule has 1 aromatic carbocycles. The number of nitrogens with zero attached hydrogens (tertiary/aromatic N) is 2. The number of hydrogen-bond acceptors (Lipinski definition) is 3. The molecule has 4 rings (SSSR count). The average Bonchev–Trinajstić information content (AvgIpc) is 3.36. The first kappa shape index (κ1) is 12.2. The molecule has 0 amide bonds. The van der Waals surface area contributed by atoms with E-state index in [0.717, 1.165) is 29.2 Å². The third kappa shape index (κ3) is 2.50. The van der Waals surface area contributed by atoms with Gasteiger partial charge in [-0.1, -0.05) is 6.07 Å². The second kappa shape index (κ2) is 4.74. The van der Waals surface area contributed by atoms with Gasteiger partial charge in [0.2, 0.25) is 0 Å². The van der Waals surface area contributed by atoms with Crippen LogP contribution in [0.15, 0.2) is 30.5 Å². The van der Waals surface area contributed by atoms with Crippen molar-refractivity contribution in [2.24, 2.45) is 5.92 Å². The minimum atomic E-state index is 0.628. The molecule has 0 N–H and O–H groups in total. The van der Waals surface area contributed by atoms with Gasteiger partial charge < -0.3 is 4.74 Å². The maximum absolute atomic E-state index is 6.05. The predicted octanol–water partition coefficient (Wildman–Crippen LogP) is 3.02. The standard InChI is InChI=1S/C17H20N2O/c1-12-7-15-16(18-8-12)3-2-4-17(15)20-11-14-10-19(14)9-13-5-6-13/h2-4,7-8,13-14H,5-6,9-11H2,1H3. The lowest BCUT2D eigenvalue weighted by Crippen LogP contribution is -2.12. The summed E-state index contributed by atoms with van der Waals surface area (Å²) in [7, 11) is 0. The zero-order chi connectivity index (χ0) is 13.5. The number of rotatable bonds is 5. The van der Waals surface area contributed by atoms with Crippen LogP contribution in [-0.4, -0.2) is 35.6 Å². The first-order valence-corrected chi connectivity index (χ1v) is 7.52. The first-order valence-electron chi connectivity index (χ1n) is 7.52. The summed E-state index contributed by atoms with van der Waals surface area (Å²) in [6.07, 6.45) is 4.76. The van der Waals surface area contributed by atoms with E-state index in [0.29, 0.717) is 6.04 Å². The van der Waals surface area contributed by atoms with Crippen LogP contribution in [0, 0.1) is 12.8 Å². The van der Waals surface area contributed by atoms with E-state index < -0.39 is 0 Å². The van der Waals surface area contributed by atoms with Crippen molar-refractivity contribution in [2.45, 2.75) is 25.8 Å². The van der Waals surface area contributed by atoms with Crippen molar-refractivity contribution in [3.8, 4) is 5.75 Å². The molecule has 104 valence electrons. The molecular weight excluding hydrogens is 248 g/mol. The van der Waals surface area contributed by atoms with Gasteiger partial charge in [-0.25, -0.2) is 0 Å². The van der Waals surface area contributed by atoms with Gasteiger partial charge in [0.1, 0.15) is 12.4 Å². The lowest BCUT2D eigenvalue weighted by Gasteiger charge is -2.09. The molecule has 1 aromatic heterocycles. The Labute approximate surface area is 119 Å². The molecule has 2 atom stereocenters. The van der Waals surface area contributed by atoms with Crippen molar-refractivity contribution in [3.05, 3.63) is 36.0 Å². The lowest BCUT2D eigenvalue weighted by molar-refractivity contribution is 0.295. The van der Waals surface area contributed by atoms with Crippen LogP contribution in [0.5, 0.6) is 5.75 Å². The van der Waals surface area contributed by atoms with Crippen molar-refractivity contribution in [1.29, 1.82) is 0 Å². The summed E-state index contributed by atoms with van der Waals surface area (Å²) in [5, 5.41) is 1.13. The van der Waals surface area contributed by atoms with Gasteiger partial charge in [-0.05, 0) is 49.4 Å². The predicted molar refractivity (Wildman–Crippen MR) is 80.1 cm³/mol. The van der Waals surface area contributed by atoms with Crippen LogP contribution in [0.2, 0.25) is 0 Å². The second-order valence-electron chi connectivity index (χ2n) is 6.20. The molecule has 3 heteroatoms. The van der Waals surface area contributed by atoms with Crippen LogP contribution < -0.4 is 4.74 Å². The first-order chi connectivity index (χ1) is 9.79. The quantitative estimate of drug-likeness (QED) is 0.779. The molecule has 2 aliphatic rings. The number of pyridine rings is 1. The fraction of sp³-hybridized carbons (Fsp3) is 0.471. The van der Waals surface area contributed by atoms with Gasteiger partial charge in [-0.3, -0.25) is 9.88 Å². The molecule has 2 unspecified atom stereocenters. The smallest absolute Gasteiger partial charge is 0.128 e. The Balaban J connectivity index is 1.44. The van der Waals surface area contributed by atoms with E-state index in [1.165, 1.54) is 31.5 Å². The van der Waals surface area contributed by atoms with Gasteiger partial charge in [0.15, 0.2) is 0 Å². The topological polar surface area (TPSA) is 25.1 Å². The van der Waals surface area contributed by atoms with Gasteiger partial charge in [0.05, 0.1) is 11.6 Å². The highest BCUT2D eigenvalue weighted by Crippen LogP contribution is 2.34. The Bertz CT molecular complexity index is 636. The Morgan fingerprint density at radius 1 is 1.35 bits per heavy atom. The van der Waals surface area contributed by atoms with Gasteiger partial charge in [0.25, 0.3) is 0 Å². The van der Waals surface area contributed by atoms with Crippen LogP contribution in [0.25, 0.3) is 10.9 Å². The molecule has 1 aliphatic carbocycles. The molecule has 0 bridgehead atoms. The monoisotopic (exact) mass is 268 g/mol. The maximum atomic E-state index is 6.05. The largest absolute Gasteiger partial charge is 0.491 e. The summed E-state index contributed by atoms with van der Waals surface area (Å²) >= 11 is 0. The Morgan fingerprint density at radius 3 is 3.10 bits per heavy atom. The number of benzene rings is 1. The van der Waals surface area contributed by atoms with E-state index in [1.54, 1.807) is 0 Å².